The van der Waals surface area contributed by atoms with Crippen molar-refractivity contribution in [3.05, 3.63) is 36.6 Å². The second-order valence-corrected chi connectivity index (χ2v) is 3.49. The highest BCUT2D eigenvalue weighted by molar-refractivity contribution is 5.11. The lowest BCUT2D eigenvalue weighted by molar-refractivity contribution is 0.544. The Morgan fingerprint density at radius 2 is 1.45 bits per heavy atom. The molecule has 0 amide bonds. The Bertz CT molecular complexity index is 168. The van der Waals surface area contributed by atoms with Crippen molar-refractivity contribution in [1.29, 1.82) is 0 Å². The van der Waals surface area contributed by atoms with Crippen LogP contribution in [-0.2, 0) is 0 Å². The van der Waals surface area contributed by atoms with Crippen molar-refractivity contribution in [2.45, 2.75) is 20.8 Å². The molecule has 0 spiro atoms. The van der Waals surface area contributed by atoms with E-state index in [1.165, 1.54) is 6.20 Å². The van der Waals surface area contributed by atoms with Gasteiger partial charge in [-0.15, -0.1) is 0 Å². The van der Waals surface area contributed by atoms with Crippen LogP contribution in [0.3, 0.4) is 0 Å². The van der Waals surface area contributed by atoms with E-state index in [-0.39, 0.29) is 5.41 Å². The lowest BCUT2D eigenvalue weighted by Crippen LogP contribution is -1.97. The molecule has 0 aliphatic carbocycles. The quantitative estimate of drug-likeness (QED) is 0.603. The average Bonchev–Trinajstić information content (AvgIpc) is 1.85. The van der Waals surface area contributed by atoms with Gasteiger partial charge in [0.1, 0.15) is 0 Å². The topological polar surface area (TPSA) is 26.0 Å². The second kappa shape index (κ2) is 4.78. The van der Waals surface area contributed by atoms with E-state index in [4.69, 9.17) is 5.73 Å². The zero-order valence-electron chi connectivity index (χ0n) is 7.54. The monoisotopic (exact) mass is 151 g/mol. The van der Waals surface area contributed by atoms with Gasteiger partial charge in [-0.2, -0.15) is 0 Å². The Hall–Kier alpha value is -0.980. The summed E-state index contributed by atoms with van der Waals surface area (Å²) >= 11 is 0. The van der Waals surface area contributed by atoms with Crippen molar-refractivity contribution in [3.63, 3.8) is 0 Å². The van der Waals surface area contributed by atoms with Gasteiger partial charge >= 0.3 is 0 Å². The zero-order chi connectivity index (χ0) is 8.74. The molecule has 0 unspecified atom stereocenters. The number of allylic oxidation sites excluding steroid dienone is 5. The molecule has 0 rings (SSSR count). The second-order valence-electron chi connectivity index (χ2n) is 3.49. The van der Waals surface area contributed by atoms with Crippen LogP contribution in [0.4, 0.5) is 0 Å². The van der Waals surface area contributed by atoms with E-state index < -0.39 is 0 Å². The van der Waals surface area contributed by atoms with Crippen LogP contribution in [0.15, 0.2) is 36.6 Å². The molecular formula is C10H17N. The molecule has 0 aliphatic heterocycles. The maximum atomic E-state index is 5.14. The summed E-state index contributed by atoms with van der Waals surface area (Å²) in [6, 6.07) is 0. The van der Waals surface area contributed by atoms with E-state index in [0.717, 1.165) is 0 Å². The summed E-state index contributed by atoms with van der Waals surface area (Å²) in [4.78, 5) is 0. The molecule has 1 nitrogen and oxygen atoms in total. The van der Waals surface area contributed by atoms with Crippen molar-refractivity contribution in [3.8, 4) is 0 Å². The van der Waals surface area contributed by atoms with Crippen molar-refractivity contribution in [1.82, 2.24) is 0 Å². The minimum absolute atomic E-state index is 0.261. The molecule has 2 N–H and O–H groups in total. The van der Waals surface area contributed by atoms with Crippen LogP contribution >= 0.6 is 0 Å². The highest BCUT2D eigenvalue weighted by Gasteiger charge is 2.01. The Morgan fingerprint density at radius 3 is 1.91 bits per heavy atom. The minimum atomic E-state index is 0.261. The highest BCUT2D eigenvalue weighted by atomic mass is 14.5. The van der Waals surface area contributed by atoms with Gasteiger partial charge in [-0.05, 0) is 17.7 Å². The van der Waals surface area contributed by atoms with Gasteiger partial charge < -0.3 is 5.73 Å². The molecule has 0 bridgehead atoms. The molecule has 0 saturated carbocycles. The van der Waals surface area contributed by atoms with Crippen molar-refractivity contribution < 1.29 is 0 Å². The maximum Gasteiger partial charge on any atom is -0.00624 e. The third-order valence-corrected chi connectivity index (χ3v) is 1.04. The van der Waals surface area contributed by atoms with E-state index in [0.29, 0.717) is 0 Å². The van der Waals surface area contributed by atoms with Gasteiger partial charge in [-0.25, -0.2) is 0 Å². The molecule has 0 fully saturated rings. The van der Waals surface area contributed by atoms with Crippen LogP contribution in [0.1, 0.15) is 20.8 Å². The molecule has 62 valence electrons. The van der Waals surface area contributed by atoms with E-state index in [1.54, 1.807) is 6.08 Å². The van der Waals surface area contributed by atoms with Crippen LogP contribution in [0, 0.1) is 5.41 Å². The lowest BCUT2D eigenvalue weighted by Gasteiger charge is -2.09. The number of hydrogen-bond acceptors (Lipinski definition) is 1. The third-order valence-electron chi connectivity index (χ3n) is 1.04. The lowest BCUT2D eigenvalue weighted by atomic mass is 9.96. The van der Waals surface area contributed by atoms with Gasteiger partial charge in [-0.1, -0.05) is 45.1 Å². The first-order valence-corrected chi connectivity index (χ1v) is 3.79. The van der Waals surface area contributed by atoms with E-state index in [2.05, 4.69) is 26.8 Å². The fourth-order valence-corrected chi connectivity index (χ4v) is 0.537. The minimum Gasteiger partial charge on any atom is -0.405 e. The first-order chi connectivity index (χ1) is 5.06. The first kappa shape index (κ1) is 10.0. The molecule has 0 saturated heterocycles. The molecule has 0 radical (unpaired) electrons. The van der Waals surface area contributed by atoms with E-state index >= 15 is 0 Å². The van der Waals surface area contributed by atoms with Crippen LogP contribution in [-0.4, -0.2) is 0 Å². The summed E-state index contributed by atoms with van der Waals surface area (Å²) in [5.74, 6) is 0. The predicted octanol–water partition coefficient (Wildman–Crippen LogP) is 2.62. The molecule has 0 aromatic rings. The molecule has 0 aliphatic rings. The summed E-state index contributed by atoms with van der Waals surface area (Å²) in [5, 5.41) is 0. The third kappa shape index (κ3) is 9.02. The van der Waals surface area contributed by atoms with Crippen molar-refractivity contribution in [2.24, 2.45) is 11.1 Å². The Morgan fingerprint density at radius 1 is 0.909 bits per heavy atom. The molecule has 0 aromatic carbocycles. The van der Waals surface area contributed by atoms with Gasteiger partial charge in [0, 0.05) is 0 Å². The largest absolute Gasteiger partial charge is 0.405 e. The maximum absolute atomic E-state index is 5.14. The number of rotatable bonds is 2. The molecule has 0 aromatic heterocycles. The molecule has 11 heavy (non-hydrogen) atoms. The number of hydrogen-bond donors (Lipinski definition) is 1. The smallest absolute Gasteiger partial charge is 0.00624 e. The fourth-order valence-electron chi connectivity index (χ4n) is 0.537. The Balaban J connectivity index is 3.78. The molecular weight excluding hydrogens is 134 g/mol. The normalized spacial score (nSPS) is 14.1. The van der Waals surface area contributed by atoms with Gasteiger partial charge in [0.2, 0.25) is 0 Å². The van der Waals surface area contributed by atoms with Gasteiger partial charge in [0.15, 0.2) is 0 Å². The highest BCUT2D eigenvalue weighted by Crippen LogP contribution is 2.13. The molecule has 0 atom stereocenters. The van der Waals surface area contributed by atoms with Crippen molar-refractivity contribution >= 4 is 0 Å². The summed E-state index contributed by atoms with van der Waals surface area (Å²) in [5.41, 5.74) is 5.40. The van der Waals surface area contributed by atoms with Gasteiger partial charge in [0.25, 0.3) is 0 Å². The average molecular weight is 151 g/mol. The summed E-state index contributed by atoms with van der Waals surface area (Å²) < 4.78 is 0. The SMILES string of the molecule is CC(C)(C)\C=C/C=C\C=C/N. The van der Waals surface area contributed by atoms with Gasteiger partial charge in [-0.3, -0.25) is 0 Å². The molecule has 1 heteroatoms. The molecule has 0 heterocycles. The Kier molecular flexibility index (Phi) is 4.35. The van der Waals surface area contributed by atoms with Gasteiger partial charge in [0.05, 0.1) is 0 Å². The zero-order valence-corrected chi connectivity index (χ0v) is 7.54. The Labute approximate surface area is 69.3 Å². The van der Waals surface area contributed by atoms with E-state index in [9.17, 15) is 0 Å². The fraction of sp³-hybridized carbons (Fsp3) is 0.400. The van der Waals surface area contributed by atoms with E-state index in [1.807, 2.05) is 18.2 Å². The van der Waals surface area contributed by atoms with Crippen molar-refractivity contribution in [2.75, 3.05) is 0 Å². The summed E-state index contributed by atoms with van der Waals surface area (Å²) in [7, 11) is 0. The predicted molar refractivity (Wildman–Crippen MR) is 51.1 cm³/mol. The van der Waals surface area contributed by atoms with Crippen LogP contribution in [0.25, 0.3) is 0 Å². The number of nitrogens with two attached hydrogens (primary N) is 1. The van der Waals surface area contributed by atoms with Crippen LogP contribution in [0.2, 0.25) is 0 Å². The summed E-state index contributed by atoms with van der Waals surface area (Å²) in [6.45, 7) is 6.49. The summed E-state index contributed by atoms with van der Waals surface area (Å²) in [6.07, 6.45) is 11.4. The first-order valence-electron chi connectivity index (χ1n) is 3.79. The standard InChI is InChI=1S/C10H17N/c1-10(2,3)8-6-4-5-7-9-11/h4-9H,11H2,1-3H3/b5-4-,8-6-,9-7-. The van der Waals surface area contributed by atoms with Crippen LogP contribution < -0.4 is 5.73 Å². The van der Waals surface area contributed by atoms with Crippen LogP contribution in [0.5, 0.6) is 0 Å².